The van der Waals surface area contributed by atoms with Gasteiger partial charge < -0.3 is 24.1 Å². The number of aromatic hydroxyl groups is 1. The van der Waals surface area contributed by atoms with E-state index in [0.717, 1.165) is 47.0 Å². The third kappa shape index (κ3) is 4.12. The van der Waals surface area contributed by atoms with Crippen molar-refractivity contribution >= 4 is 15.9 Å². The molecule has 0 spiro atoms. The van der Waals surface area contributed by atoms with Crippen LogP contribution in [0.2, 0.25) is 0 Å². The van der Waals surface area contributed by atoms with Gasteiger partial charge in [0, 0.05) is 22.6 Å². The van der Waals surface area contributed by atoms with Crippen LogP contribution in [-0.4, -0.2) is 52.0 Å². The SMILES string of the molecule is COc1cc(Br)c(CCC2c3c(cc(OC)c(OC)c3O)CCN2C)cc1OC. The van der Waals surface area contributed by atoms with E-state index in [2.05, 4.69) is 27.9 Å². The summed E-state index contributed by atoms with van der Waals surface area (Å²) in [5.41, 5.74) is 3.16. The molecule has 1 aliphatic heterocycles. The monoisotopic (exact) mass is 465 g/mol. The van der Waals surface area contributed by atoms with Crippen LogP contribution < -0.4 is 18.9 Å². The Kier molecular flexibility index (Phi) is 6.80. The number of phenolic OH excluding ortho intramolecular Hbond substituents is 1. The maximum atomic E-state index is 11.0. The number of benzene rings is 2. The standard InChI is InChI=1S/C22H28BrNO5/c1-24-9-8-14-11-19(28-4)22(29-5)21(25)20(14)16(24)7-6-13-10-17(26-2)18(27-3)12-15(13)23/h10-12,16,25H,6-9H2,1-5H3. The first-order valence-electron chi connectivity index (χ1n) is 9.52. The zero-order valence-corrected chi connectivity index (χ0v) is 19.1. The van der Waals surface area contributed by atoms with Gasteiger partial charge in [0.2, 0.25) is 5.75 Å². The number of nitrogens with zero attached hydrogens (tertiary/aromatic N) is 1. The number of likely N-dealkylation sites (N-methyl/N-ethyl adjacent to an activating group) is 1. The summed E-state index contributed by atoms with van der Waals surface area (Å²) in [6.45, 7) is 0.916. The van der Waals surface area contributed by atoms with E-state index in [9.17, 15) is 5.11 Å². The summed E-state index contributed by atoms with van der Waals surface area (Å²) in [6, 6.07) is 5.98. The second-order valence-corrected chi connectivity index (χ2v) is 7.97. The van der Waals surface area contributed by atoms with E-state index >= 15 is 0 Å². The molecule has 1 N–H and O–H groups in total. The van der Waals surface area contributed by atoms with Crippen molar-refractivity contribution in [3.8, 4) is 28.7 Å². The number of halogens is 1. The van der Waals surface area contributed by atoms with Crippen molar-refractivity contribution in [2.75, 3.05) is 42.0 Å². The third-order valence-corrected chi connectivity index (χ3v) is 6.35. The van der Waals surface area contributed by atoms with Gasteiger partial charge in [0.05, 0.1) is 28.4 Å². The van der Waals surface area contributed by atoms with Crippen LogP contribution in [-0.2, 0) is 12.8 Å². The Bertz CT molecular complexity index is 886. The summed E-state index contributed by atoms with van der Waals surface area (Å²) in [4.78, 5) is 2.28. The van der Waals surface area contributed by atoms with Crippen LogP contribution in [0.5, 0.6) is 28.7 Å². The molecule has 6 nitrogen and oxygen atoms in total. The Hall–Kier alpha value is -2.12. The van der Waals surface area contributed by atoms with Crippen molar-refractivity contribution in [2.45, 2.75) is 25.3 Å². The summed E-state index contributed by atoms with van der Waals surface area (Å²) >= 11 is 3.64. The molecule has 2 aromatic carbocycles. The van der Waals surface area contributed by atoms with Gasteiger partial charge in [-0.15, -0.1) is 0 Å². The number of hydrogen-bond donors (Lipinski definition) is 1. The van der Waals surface area contributed by atoms with Gasteiger partial charge in [-0.05, 0) is 55.6 Å². The molecule has 3 rings (SSSR count). The topological polar surface area (TPSA) is 60.4 Å². The molecule has 158 valence electrons. The first-order valence-corrected chi connectivity index (χ1v) is 10.3. The number of phenols is 1. The summed E-state index contributed by atoms with van der Waals surface area (Å²) < 4.78 is 22.6. The molecule has 2 aromatic rings. The molecule has 1 unspecified atom stereocenters. The van der Waals surface area contributed by atoms with Gasteiger partial charge in [-0.25, -0.2) is 0 Å². The minimum Gasteiger partial charge on any atom is -0.504 e. The van der Waals surface area contributed by atoms with E-state index < -0.39 is 0 Å². The van der Waals surface area contributed by atoms with E-state index in [0.29, 0.717) is 23.0 Å². The maximum absolute atomic E-state index is 11.0. The molecule has 1 heterocycles. The van der Waals surface area contributed by atoms with Crippen LogP contribution in [0.4, 0.5) is 0 Å². The molecule has 1 atom stereocenters. The first-order chi connectivity index (χ1) is 13.9. The zero-order chi connectivity index (χ0) is 21.1. The summed E-state index contributed by atoms with van der Waals surface area (Å²) in [5.74, 6) is 2.52. The van der Waals surface area contributed by atoms with Gasteiger partial charge in [-0.1, -0.05) is 15.9 Å². The number of hydrogen-bond acceptors (Lipinski definition) is 6. The van der Waals surface area contributed by atoms with Crippen molar-refractivity contribution in [1.29, 1.82) is 0 Å². The average Bonchev–Trinajstić information content (AvgIpc) is 2.73. The molecule has 0 aliphatic carbocycles. The average molecular weight is 466 g/mol. The van der Waals surface area contributed by atoms with Crippen molar-refractivity contribution in [1.82, 2.24) is 4.90 Å². The van der Waals surface area contributed by atoms with Gasteiger partial charge in [-0.3, -0.25) is 4.90 Å². The first kappa shape index (κ1) is 21.6. The maximum Gasteiger partial charge on any atom is 0.203 e. The smallest absolute Gasteiger partial charge is 0.203 e. The molecule has 0 saturated heterocycles. The van der Waals surface area contributed by atoms with Crippen LogP contribution in [0.15, 0.2) is 22.7 Å². The van der Waals surface area contributed by atoms with Crippen molar-refractivity contribution in [2.24, 2.45) is 0 Å². The number of ether oxygens (including phenoxy) is 4. The van der Waals surface area contributed by atoms with Gasteiger partial charge in [0.15, 0.2) is 23.0 Å². The largest absolute Gasteiger partial charge is 0.504 e. The number of aryl methyl sites for hydroxylation is 1. The van der Waals surface area contributed by atoms with E-state index in [4.69, 9.17) is 18.9 Å². The van der Waals surface area contributed by atoms with Crippen LogP contribution in [0.1, 0.15) is 29.2 Å². The lowest BCUT2D eigenvalue weighted by molar-refractivity contribution is 0.211. The Morgan fingerprint density at radius 3 is 2.28 bits per heavy atom. The molecule has 0 bridgehead atoms. The zero-order valence-electron chi connectivity index (χ0n) is 17.5. The lowest BCUT2D eigenvalue weighted by Crippen LogP contribution is -2.32. The second kappa shape index (κ2) is 9.13. The quantitative estimate of drug-likeness (QED) is 0.655. The highest BCUT2D eigenvalue weighted by atomic mass is 79.9. The third-order valence-electron chi connectivity index (χ3n) is 5.61. The van der Waals surface area contributed by atoms with Crippen LogP contribution in [0, 0.1) is 0 Å². The van der Waals surface area contributed by atoms with Gasteiger partial charge in [0.25, 0.3) is 0 Å². The fourth-order valence-electron chi connectivity index (χ4n) is 4.04. The molecule has 0 fully saturated rings. The molecule has 7 heteroatoms. The van der Waals surface area contributed by atoms with Crippen LogP contribution >= 0.6 is 15.9 Å². The number of methoxy groups -OCH3 is 4. The van der Waals surface area contributed by atoms with E-state index in [1.807, 2.05) is 18.2 Å². The van der Waals surface area contributed by atoms with Crippen LogP contribution in [0.3, 0.4) is 0 Å². The summed E-state index contributed by atoms with van der Waals surface area (Å²) in [7, 11) is 8.49. The summed E-state index contributed by atoms with van der Waals surface area (Å²) in [5, 5.41) is 11.0. The molecule has 29 heavy (non-hydrogen) atoms. The van der Waals surface area contributed by atoms with Gasteiger partial charge in [0.1, 0.15) is 0 Å². The molecule has 1 aliphatic rings. The lowest BCUT2D eigenvalue weighted by atomic mass is 9.88. The highest BCUT2D eigenvalue weighted by Crippen LogP contribution is 2.48. The van der Waals surface area contributed by atoms with E-state index in [1.165, 1.54) is 0 Å². The predicted octanol–water partition coefficient (Wildman–Crippen LogP) is 4.35. The lowest BCUT2D eigenvalue weighted by Gasteiger charge is -2.36. The molecular weight excluding hydrogens is 438 g/mol. The number of rotatable bonds is 7. The van der Waals surface area contributed by atoms with Crippen molar-refractivity contribution < 1.29 is 24.1 Å². The normalized spacial score (nSPS) is 16.3. The minimum absolute atomic E-state index is 0.0681. The molecular formula is C22H28BrNO5. The van der Waals surface area contributed by atoms with Crippen molar-refractivity contribution in [3.63, 3.8) is 0 Å². The van der Waals surface area contributed by atoms with Gasteiger partial charge in [-0.2, -0.15) is 0 Å². The molecule has 0 saturated carbocycles. The Morgan fingerprint density at radius 2 is 1.66 bits per heavy atom. The second-order valence-electron chi connectivity index (χ2n) is 7.12. The van der Waals surface area contributed by atoms with Crippen LogP contribution in [0.25, 0.3) is 0 Å². The Morgan fingerprint density at radius 1 is 1.00 bits per heavy atom. The minimum atomic E-state index is 0.0681. The summed E-state index contributed by atoms with van der Waals surface area (Å²) in [6.07, 6.45) is 2.50. The fraction of sp³-hybridized carbons (Fsp3) is 0.455. The molecule has 0 radical (unpaired) electrons. The Balaban J connectivity index is 1.93. The Labute approximate surface area is 180 Å². The molecule has 0 amide bonds. The highest BCUT2D eigenvalue weighted by molar-refractivity contribution is 9.10. The fourth-order valence-corrected chi connectivity index (χ4v) is 4.56. The van der Waals surface area contributed by atoms with Crippen molar-refractivity contribution in [3.05, 3.63) is 39.4 Å². The molecule has 0 aromatic heterocycles. The predicted molar refractivity (Wildman–Crippen MR) is 116 cm³/mol. The van der Waals surface area contributed by atoms with E-state index in [1.54, 1.807) is 28.4 Å². The number of fused-ring (bicyclic) bond motifs is 1. The highest BCUT2D eigenvalue weighted by Gasteiger charge is 2.31. The van der Waals surface area contributed by atoms with Gasteiger partial charge >= 0.3 is 0 Å². The van der Waals surface area contributed by atoms with E-state index in [-0.39, 0.29) is 11.8 Å².